The Kier molecular flexibility index (Phi) is 4.64. The first kappa shape index (κ1) is 19.5. The number of nitrogens with zero attached hydrogens (tertiary/aromatic N) is 3. The SMILES string of the molecule is CS(=O)(=O)c1cc(F)c(Cn2c(=O)[nH]c3cnc4nc(CO)ccc4c32)c(Cl)c1. The average Bonchev–Trinajstić information content (AvgIpc) is 2.98. The van der Waals surface area contributed by atoms with Crippen LogP contribution >= 0.6 is 11.6 Å². The summed E-state index contributed by atoms with van der Waals surface area (Å²) in [5.74, 6) is -0.835. The molecular weight excluding hydrogens is 423 g/mol. The van der Waals surface area contributed by atoms with Crippen LogP contribution in [-0.2, 0) is 23.0 Å². The minimum absolute atomic E-state index is 0.0213. The number of sulfone groups is 1. The number of H-pyrrole nitrogens is 1. The molecule has 1 aromatic carbocycles. The van der Waals surface area contributed by atoms with Crippen LogP contribution in [0.5, 0.6) is 0 Å². The lowest BCUT2D eigenvalue weighted by Gasteiger charge is -2.10. The third-order valence-corrected chi connectivity index (χ3v) is 5.97. The summed E-state index contributed by atoms with van der Waals surface area (Å²) >= 11 is 6.14. The summed E-state index contributed by atoms with van der Waals surface area (Å²) in [6.45, 7) is -0.489. The van der Waals surface area contributed by atoms with Gasteiger partial charge in [0.2, 0.25) is 0 Å². The number of pyridine rings is 2. The zero-order valence-corrected chi connectivity index (χ0v) is 16.6. The Morgan fingerprint density at radius 2 is 2.07 bits per heavy atom. The van der Waals surface area contributed by atoms with Crippen molar-refractivity contribution in [3.05, 3.63) is 63.0 Å². The van der Waals surface area contributed by atoms with E-state index in [0.29, 0.717) is 27.8 Å². The fourth-order valence-electron chi connectivity index (χ4n) is 3.11. The Morgan fingerprint density at radius 3 is 2.72 bits per heavy atom. The lowest BCUT2D eigenvalue weighted by atomic mass is 10.2. The molecule has 29 heavy (non-hydrogen) atoms. The summed E-state index contributed by atoms with van der Waals surface area (Å²) in [7, 11) is -3.64. The molecule has 150 valence electrons. The molecule has 3 aromatic heterocycles. The van der Waals surface area contributed by atoms with Crippen molar-refractivity contribution in [3.8, 4) is 0 Å². The third kappa shape index (κ3) is 3.39. The Labute approximate surface area is 168 Å². The van der Waals surface area contributed by atoms with Gasteiger partial charge in [0.15, 0.2) is 15.5 Å². The second-order valence-electron chi connectivity index (χ2n) is 6.51. The zero-order valence-electron chi connectivity index (χ0n) is 15.0. The van der Waals surface area contributed by atoms with Crippen LogP contribution in [0.15, 0.2) is 40.2 Å². The summed E-state index contributed by atoms with van der Waals surface area (Å²) in [6.07, 6.45) is 2.38. The molecule has 0 fully saturated rings. The van der Waals surface area contributed by atoms with Crippen molar-refractivity contribution in [1.29, 1.82) is 0 Å². The van der Waals surface area contributed by atoms with E-state index >= 15 is 0 Å². The van der Waals surface area contributed by atoms with E-state index in [2.05, 4.69) is 15.0 Å². The van der Waals surface area contributed by atoms with Gasteiger partial charge in [-0.25, -0.2) is 27.6 Å². The minimum Gasteiger partial charge on any atom is -0.390 e. The number of aliphatic hydroxyl groups excluding tert-OH is 1. The van der Waals surface area contributed by atoms with Gasteiger partial charge in [0, 0.05) is 22.2 Å². The fourth-order valence-corrected chi connectivity index (χ4v) is 4.09. The van der Waals surface area contributed by atoms with E-state index in [1.807, 2.05) is 0 Å². The highest BCUT2D eigenvalue weighted by Gasteiger charge is 2.19. The maximum Gasteiger partial charge on any atom is 0.326 e. The molecule has 4 rings (SSSR count). The lowest BCUT2D eigenvalue weighted by molar-refractivity contribution is 0.277. The Bertz CT molecular complexity index is 1420. The molecule has 8 nitrogen and oxygen atoms in total. The number of hydrogen-bond donors (Lipinski definition) is 2. The van der Waals surface area contributed by atoms with E-state index in [4.69, 9.17) is 11.6 Å². The molecule has 0 saturated heterocycles. The largest absolute Gasteiger partial charge is 0.390 e. The van der Waals surface area contributed by atoms with Gasteiger partial charge in [-0.05, 0) is 24.3 Å². The first-order chi connectivity index (χ1) is 13.7. The summed E-state index contributed by atoms with van der Waals surface area (Å²) in [6, 6.07) is 5.30. The van der Waals surface area contributed by atoms with E-state index in [9.17, 15) is 22.7 Å². The first-order valence-electron chi connectivity index (χ1n) is 8.35. The van der Waals surface area contributed by atoms with Crippen molar-refractivity contribution in [2.45, 2.75) is 18.0 Å². The monoisotopic (exact) mass is 436 g/mol. The number of halogens is 2. The topological polar surface area (TPSA) is 118 Å². The van der Waals surface area contributed by atoms with Crippen LogP contribution in [0.4, 0.5) is 4.39 Å². The average molecular weight is 437 g/mol. The zero-order chi connectivity index (χ0) is 20.9. The number of aliphatic hydroxyl groups is 1. The number of aromatic nitrogens is 4. The van der Waals surface area contributed by atoms with Gasteiger partial charge in [0.1, 0.15) is 5.82 Å². The molecular formula is C18H14ClFN4O4S. The molecule has 0 spiro atoms. The van der Waals surface area contributed by atoms with Gasteiger partial charge in [0.05, 0.1) is 41.0 Å². The number of hydrogen-bond acceptors (Lipinski definition) is 6. The van der Waals surface area contributed by atoms with Crippen LogP contribution in [0.1, 0.15) is 11.3 Å². The number of aromatic amines is 1. The van der Waals surface area contributed by atoms with Gasteiger partial charge in [-0.1, -0.05) is 11.6 Å². The van der Waals surface area contributed by atoms with E-state index in [1.54, 1.807) is 12.1 Å². The fraction of sp³-hybridized carbons (Fsp3) is 0.167. The first-order valence-corrected chi connectivity index (χ1v) is 10.6. The molecule has 0 aliphatic carbocycles. The molecule has 0 bridgehead atoms. The van der Waals surface area contributed by atoms with E-state index in [-0.39, 0.29) is 28.6 Å². The summed E-state index contributed by atoms with van der Waals surface area (Å²) < 4.78 is 39.3. The smallest absolute Gasteiger partial charge is 0.326 e. The van der Waals surface area contributed by atoms with Crippen LogP contribution in [0.25, 0.3) is 22.1 Å². The molecule has 0 amide bonds. The number of nitrogens with one attached hydrogen (secondary N) is 1. The van der Waals surface area contributed by atoms with Gasteiger partial charge < -0.3 is 10.1 Å². The molecule has 0 unspecified atom stereocenters. The maximum absolute atomic E-state index is 14.7. The van der Waals surface area contributed by atoms with E-state index in [0.717, 1.165) is 18.4 Å². The normalized spacial score (nSPS) is 12.1. The Hall–Kier alpha value is -2.82. The third-order valence-electron chi connectivity index (χ3n) is 4.54. The quantitative estimate of drug-likeness (QED) is 0.505. The van der Waals surface area contributed by atoms with E-state index in [1.165, 1.54) is 10.8 Å². The summed E-state index contributed by atoms with van der Waals surface area (Å²) in [5.41, 5.74) is 1.06. The summed E-state index contributed by atoms with van der Waals surface area (Å²) in [4.78, 5) is 23.3. The van der Waals surface area contributed by atoms with Crippen molar-refractivity contribution in [2.24, 2.45) is 0 Å². The van der Waals surface area contributed by atoms with Crippen molar-refractivity contribution in [3.63, 3.8) is 0 Å². The van der Waals surface area contributed by atoms with Gasteiger partial charge in [-0.15, -0.1) is 0 Å². The molecule has 3 heterocycles. The number of benzene rings is 1. The standard InChI is InChI=1S/C18H14ClFN4O4S/c1-29(27,28)10-4-13(19)12(14(20)5-10)7-24-16-11-3-2-9(8-25)22-17(11)21-6-15(16)23-18(24)26/h2-6,25H,7-8H2,1H3,(H,23,26). The molecule has 0 atom stereocenters. The predicted octanol–water partition coefficient (Wildman–Crippen LogP) is 2.01. The van der Waals surface area contributed by atoms with Crippen molar-refractivity contribution in [2.75, 3.05) is 6.26 Å². The molecule has 11 heteroatoms. The minimum atomic E-state index is -3.64. The highest BCUT2D eigenvalue weighted by Crippen LogP contribution is 2.27. The van der Waals surface area contributed by atoms with Crippen LogP contribution in [0.2, 0.25) is 5.02 Å². The number of fused-ring (bicyclic) bond motifs is 3. The Morgan fingerprint density at radius 1 is 1.31 bits per heavy atom. The van der Waals surface area contributed by atoms with Gasteiger partial charge in [-0.2, -0.15) is 0 Å². The second kappa shape index (κ2) is 6.90. The molecule has 0 aliphatic heterocycles. The maximum atomic E-state index is 14.7. The molecule has 0 aliphatic rings. The lowest BCUT2D eigenvalue weighted by Crippen LogP contribution is -2.18. The highest BCUT2D eigenvalue weighted by atomic mass is 35.5. The Balaban J connectivity index is 1.92. The summed E-state index contributed by atoms with van der Waals surface area (Å²) in [5, 5.41) is 9.68. The van der Waals surface area contributed by atoms with Gasteiger partial charge in [0.25, 0.3) is 0 Å². The molecule has 4 aromatic rings. The molecule has 0 saturated carbocycles. The van der Waals surface area contributed by atoms with Crippen molar-refractivity contribution in [1.82, 2.24) is 19.5 Å². The van der Waals surface area contributed by atoms with Crippen LogP contribution in [0.3, 0.4) is 0 Å². The van der Waals surface area contributed by atoms with Crippen molar-refractivity contribution < 1.29 is 17.9 Å². The molecule has 2 N–H and O–H groups in total. The van der Waals surface area contributed by atoms with Crippen LogP contribution in [0, 0.1) is 5.82 Å². The highest BCUT2D eigenvalue weighted by molar-refractivity contribution is 7.90. The second-order valence-corrected chi connectivity index (χ2v) is 8.93. The van der Waals surface area contributed by atoms with Crippen molar-refractivity contribution >= 4 is 43.5 Å². The number of rotatable bonds is 4. The molecule has 0 radical (unpaired) electrons. The van der Waals surface area contributed by atoms with Crippen LogP contribution in [-0.4, -0.2) is 39.3 Å². The van der Waals surface area contributed by atoms with E-state index < -0.39 is 21.3 Å². The van der Waals surface area contributed by atoms with Gasteiger partial charge in [-0.3, -0.25) is 4.57 Å². The number of imidazole rings is 1. The van der Waals surface area contributed by atoms with Crippen LogP contribution < -0.4 is 5.69 Å². The van der Waals surface area contributed by atoms with Gasteiger partial charge >= 0.3 is 5.69 Å². The predicted molar refractivity (Wildman–Crippen MR) is 105 cm³/mol.